The van der Waals surface area contributed by atoms with Crippen LogP contribution in [0.25, 0.3) is 21.3 Å². The zero-order valence-electron chi connectivity index (χ0n) is 12.9. The molecule has 0 atom stereocenters. The molecule has 4 aromatic heterocycles. The van der Waals surface area contributed by atoms with Crippen LogP contribution in [0.5, 0.6) is 0 Å². The first kappa shape index (κ1) is 15.7. The van der Waals surface area contributed by atoms with E-state index in [4.69, 9.17) is 4.52 Å². The molecule has 0 aliphatic carbocycles. The van der Waals surface area contributed by atoms with Crippen molar-refractivity contribution in [1.82, 2.24) is 20.4 Å². The third-order valence-corrected chi connectivity index (χ3v) is 5.26. The molecule has 1 amide bonds. The minimum atomic E-state index is -0.241. The van der Waals surface area contributed by atoms with Crippen molar-refractivity contribution in [3.8, 4) is 21.3 Å². The van der Waals surface area contributed by atoms with E-state index in [1.807, 2.05) is 35.7 Å². The highest BCUT2D eigenvalue weighted by atomic mass is 32.1. The number of amides is 1. The Kier molecular flexibility index (Phi) is 4.36. The molecule has 0 aromatic carbocycles. The van der Waals surface area contributed by atoms with Gasteiger partial charge >= 0.3 is 0 Å². The van der Waals surface area contributed by atoms with E-state index in [0.717, 1.165) is 15.6 Å². The van der Waals surface area contributed by atoms with Gasteiger partial charge < -0.3 is 9.84 Å². The summed E-state index contributed by atoms with van der Waals surface area (Å²) in [5, 5.41) is 11.4. The van der Waals surface area contributed by atoms with Crippen LogP contribution >= 0.6 is 22.7 Å². The maximum Gasteiger partial charge on any atom is 0.271 e. The number of hydrogen-bond acceptors (Lipinski definition) is 7. The van der Waals surface area contributed by atoms with Gasteiger partial charge in [0.25, 0.3) is 5.91 Å². The molecule has 4 aromatic rings. The topological polar surface area (TPSA) is 80.9 Å². The van der Waals surface area contributed by atoms with Crippen molar-refractivity contribution in [2.45, 2.75) is 6.54 Å². The molecule has 0 bridgehead atoms. The van der Waals surface area contributed by atoms with E-state index in [1.54, 1.807) is 29.0 Å². The Bertz CT molecular complexity index is 977. The lowest BCUT2D eigenvalue weighted by atomic mass is 10.2. The summed E-state index contributed by atoms with van der Waals surface area (Å²) in [6.07, 6.45) is 1.69. The Labute approximate surface area is 151 Å². The zero-order valence-corrected chi connectivity index (χ0v) is 14.5. The maximum absolute atomic E-state index is 12.2. The number of carbonyl (C=O) groups excluding carboxylic acids is 1. The number of nitrogens with zero attached hydrogens (tertiary/aromatic N) is 3. The second-order valence-corrected chi connectivity index (χ2v) is 6.90. The molecule has 6 nitrogen and oxygen atoms in total. The molecule has 25 heavy (non-hydrogen) atoms. The molecule has 0 saturated heterocycles. The summed E-state index contributed by atoms with van der Waals surface area (Å²) in [6, 6.07) is 11.3. The molecular weight excluding hydrogens is 356 g/mol. The lowest BCUT2D eigenvalue weighted by Gasteiger charge is -1.98. The SMILES string of the molecule is O=C(NCc1cc(-c2ccccn2)no1)c1csc(-c2cccs2)n1. The van der Waals surface area contributed by atoms with E-state index in [0.29, 0.717) is 17.1 Å². The van der Waals surface area contributed by atoms with Crippen molar-refractivity contribution in [2.24, 2.45) is 0 Å². The summed E-state index contributed by atoms with van der Waals surface area (Å²) < 4.78 is 5.25. The second kappa shape index (κ2) is 6.96. The van der Waals surface area contributed by atoms with Gasteiger partial charge in [-0.1, -0.05) is 17.3 Å². The first-order valence-corrected chi connectivity index (χ1v) is 9.20. The molecule has 4 heterocycles. The second-order valence-electron chi connectivity index (χ2n) is 5.09. The lowest BCUT2D eigenvalue weighted by Crippen LogP contribution is -2.22. The van der Waals surface area contributed by atoms with Gasteiger partial charge in [-0.2, -0.15) is 0 Å². The molecule has 0 radical (unpaired) electrons. The lowest BCUT2D eigenvalue weighted by molar-refractivity contribution is 0.0943. The van der Waals surface area contributed by atoms with Crippen LogP contribution in [-0.4, -0.2) is 21.0 Å². The minimum Gasteiger partial charge on any atom is -0.359 e. The summed E-state index contributed by atoms with van der Waals surface area (Å²) >= 11 is 3.05. The van der Waals surface area contributed by atoms with Gasteiger partial charge in [-0.15, -0.1) is 22.7 Å². The molecule has 0 spiro atoms. The normalized spacial score (nSPS) is 10.7. The number of thiazole rings is 1. The average molecular weight is 368 g/mol. The summed E-state index contributed by atoms with van der Waals surface area (Å²) in [5.74, 6) is 0.317. The Hall–Kier alpha value is -2.84. The van der Waals surface area contributed by atoms with Crippen molar-refractivity contribution in [3.63, 3.8) is 0 Å². The fourth-order valence-corrected chi connectivity index (χ4v) is 3.79. The van der Waals surface area contributed by atoms with Gasteiger partial charge in [-0.25, -0.2) is 4.98 Å². The quantitative estimate of drug-likeness (QED) is 0.579. The van der Waals surface area contributed by atoms with Gasteiger partial charge in [0.05, 0.1) is 17.1 Å². The van der Waals surface area contributed by atoms with Crippen molar-refractivity contribution in [1.29, 1.82) is 0 Å². The number of carbonyl (C=O) groups is 1. The number of rotatable bonds is 5. The Balaban J connectivity index is 1.40. The van der Waals surface area contributed by atoms with Crippen LogP contribution in [-0.2, 0) is 6.54 Å². The van der Waals surface area contributed by atoms with E-state index in [-0.39, 0.29) is 12.5 Å². The van der Waals surface area contributed by atoms with Crippen LogP contribution in [0.15, 0.2) is 57.9 Å². The predicted molar refractivity (Wildman–Crippen MR) is 96.3 cm³/mol. The summed E-state index contributed by atoms with van der Waals surface area (Å²) in [4.78, 5) is 21.9. The predicted octanol–water partition coefficient (Wildman–Crippen LogP) is 3.85. The fraction of sp³-hybridized carbons (Fsp3) is 0.0588. The van der Waals surface area contributed by atoms with E-state index in [2.05, 4.69) is 20.4 Å². The number of nitrogens with one attached hydrogen (secondary N) is 1. The molecule has 8 heteroatoms. The van der Waals surface area contributed by atoms with Crippen LogP contribution in [0.3, 0.4) is 0 Å². The van der Waals surface area contributed by atoms with Gasteiger partial charge in [0, 0.05) is 17.6 Å². The smallest absolute Gasteiger partial charge is 0.271 e. The highest BCUT2D eigenvalue weighted by Crippen LogP contribution is 2.27. The number of hydrogen-bond donors (Lipinski definition) is 1. The minimum absolute atomic E-state index is 0.241. The summed E-state index contributed by atoms with van der Waals surface area (Å²) in [5.41, 5.74) is 1.76. The van der Waals surface area contributed by atoms with Gasteiger partial charge in [0.2, 0.25) is 0 Å². The molecular formula is C17H12N4O2S2. The number of pyridine rings is 1. The maximum atomic E-state index is 12.2. The van der Waals surface area contributed by atoms with Gasteiger partial charge in [0.15, 0.2) is 5.76 Å². The van der Waals surface area contributed by atoms with Gasteiger partial charge in [-0.3, -0.25) is 9.78 Å². The highest BCUT2D eigenvalue weighted by Gasteiger charge is 2.14. The molecule has 0 aliphatic rings. The van der Waals surface area contributed by atoms with Crippen molar-refractivity contribution in [2.75, 3.05) is 0 Å². The number of aromatic nitrogens is 3. The Morgan fingerprint density at radius 2 is 2.12 bits per heavy atom. The third kappa shape index (κ3) is 3.49. The van der Waals surface area contributed by atoms with E-state index < -0.39 is 0 Å². The monoisotopic (exact) mass is 368 g/mol. The van der Waals surface area contributed by atoms with Crippen molar-refractivity contribution < 1.29 is 9.32 Å². The number of thiophene rings is 1. The van der Waals surface area contributed by atoms with E-state index >= 15 is 0 Å². The summed E-state index contributed by atoms with van der Waals surface area (Å²) in [7, 11) is 0. The van der Waals surface area contributed by atoms with Crippen molar-refractivity contribution in [3.05, 3.63) is 64.8 Å². The largest absolute Gasteiger partial charge is 0.359 e. The molecule has 124 valence electrons. The average Bonchev–Trinajstić information content (AvgIpc) is 3.41. The standard InChI is InChI=1S/C17H12N4O2S2/c22-16(14-10-25-17(20-14)15-5-3-7-24-15)19-9-11-8-13(21-23-11)12-4-1-2-6-18-12/h1-8,10H,9H2,(H,19,22). The van der Waals surface area contributed by atoms with Crippen LogP contribution in [0.4, 0.5) is 0 Å². The van der Waals surface area contributed by atoms with Crippen molar-refractivity contribution >= 4 is 28.6 Å². The molecule has 0 saturated carbocycles. The van der Waals surface area contributed by atoms with Crippen LogP contribution in [0.2, 0.25) is 0 Å². The first-order valence-electron chi connectivity index (χ1n) is 7.44. The van der Waals surface area contributed by atoms with Gasteiger partial charge in [0.1, 0.15) is 16.4 Å². The molecule has 0 fully saturated rings. The van der Waals surface area contributed by atoms with Crippen LogP contribution in [0.1, 0.15) is 16.2 Å². The zero-order chi connectivity index (χ0) is 17.1. The van der Waals surface area contributed by atoms with Gasteiger partial charge in [-0.05, 0) is 23.6 Å². The first-order chi connectivity index (χ1) is 12.3. The fourth-order valence-electron chi connectivity index (χ4n) is 2.18. The molecule has 0 unspecified atom stereocenters. The third-order valence-electron chi connectivity index (χ3n) is 3.38. The molecule has 1 N–H and O–H groups in total. The molecule has 0 aliphatic heterocycles. The van der Waals surface area contributed by atoms with E-state index in [1.165, 1.54) is 11.3 Å². The Morgan fingerprint density at radius 1 is 1.16 bits per heavy atom. The van der Waals surface area contributed by atoms with Crippen LogP contribution in [0, 0.1) is 0 Å². The Morgan fingerprint density at radius 3 is 2.92 bits per heavy atom. The molecule has 4 rings (SSSR count). The summed E-state index contributed by atoms with van der Waals surface area (Å²) in [6.45, 7) is 0.241. The highest BCUT2D eigenvalue weighted by molar-refractivity contribution is 7.20. The van der Waals surface area contributed by atoms with Crippen LogP contribution < -0.4 is 5.32 Å². The van der Waals surface area contributed by atoms with E-state index in [9.17, 15) is 4.79 Å².